The van der Waals surface area contributed by atoms with Crippen LogP contribution in [0.15, 0.2) is 71.7 Å². The van der Waals surface area contributed by atoms with E-state index in [2.05, 4.69) is 26.7 Å². The van der Waals surface area contributed by atoms with E-state index in [-0.39, 0.29) is 11.6 Å². The molecule has 5 rings (SSSR count). The van der Waals surface area contributed by atoms with E-state index < -0.39 is 10.0 Å². The Morgan fingerprint density at radius 2 is 1.74 bits per heavy atom. The van der Waals surface area contributed by atoms with Gasteiger partial charge in [-0.2, -0.15) is 0 Å². The van der Waals surface area contributed by atoms with Crippen molar-refractivity contribution in [2.75, 3.05) is 23.6 Å². The Morgan fingerprint density at radius 3 is 2.42 bits per heavy atom. The number of aromatic hydroxyl groups is 1. The number of piperidine rings is 1. The van der Waals surface area contributed by atoms with Gasteiger partial charge in [0.15, 0.2) is 5.88 Å². The molecular weight excluding hydrogens is 520 g/mol. The minimum Gasteiger partial charge on any atom is -0.494 e. The molecule has 1 aliphatic rings. The Balaban J connectivity index is 1.56. The molecular formula is C29H31ClN4O3S. The van der Waals surface area contributed by atoms with E-state index in [0.29, 0.717) is 32.9 Å². The number of nitrogens with one attached hydrogen (secondary N) is 2. The number of fused-ring (bicyclic) bond motifs is 1. The maximum absolute atomic E-state index is 12.2. The molecule has 0 amide bonds. The molecule has 0 atom stereocenters. The molecule has 0 saturated carbocycles. The van der Waals surface area contributed by atoms with Crippen LogP contribution in [-0.2, 0) is 16.6 Å². The normalized spacial score (nSPS) is 15.2. The zero-order valence-corrected chi connectivity index (χ0v) is 22.8. The average molecular weight is 551 g/mol. The van der Waals surface area contributed by atoms with E-state index in [9.17, 15) is 13.5 Å². The highest BCUT2D eigenvalue weighted by molar-refractivity contribution is 7.92. The zero-order chi connectivity index (χ0) is 26.7. The van der Waals surface area contributed by atoms with Crippen molar-refractivity contribution in [3.05, 3.63) is 88.4 Å². The smallest absolute Gasteiger partial charge is 0.232 e. The van der Waals surface area contributed by atoms with Gasteiger partial charge in [-0.25, -0.2) is 13.4 Å². The van der Waals surface area contributed by atoms with Gasteiger partial charge in [0.2, 0.25) is 10.0 Å². The van der Waals surface area contributed by atoms with Crippen molar-refractivity contribution >= 4 is 49.6 Å². The molecule has 0 spiro atoms. The number of likely N-dealkylation sites (tertiary alicyclic amines) is 1. The Labute approximate surface area is 228 Å². The fourth-order valence-corrected chi connectivity index (χ4v) is 5.54. The van der Waals surface area contributed by atoms with E-state index in [1.54, 1.807) is 37.3 Å². The molecule has 4 aromatic rings. The minimum absolute atomic E-state index is 0.0402. The number of nitrogens with zero attached hydrogens (tertiary/aromatic N) is 2. The maximum Gasteiger partial charge on any atom is 0.232 e. The number of hydrogen-bond donors (Lipinski definition) is 3. The number of sulfonamides is 1. The van der Waals surface area contributed by atoms with Gasteiger partial charge in [-0.1, -0.05) is 42.3 Å². The van der Waals surface area contributed by atoms with E-state index in [0.717, 1.165) is 30.9 Å². The summed E-state index contributed by atoms with van der Waals surface area (Å²) in [6, 6.07) is 20.5. The Kier molecular flexibility index (Phi) is 7.74. The lowest BCUT2D eigenvalue weighted by molar-refractivity contribution is 0.221. The minimum atomic E-state index is -3.46. The van der Waals surface area contributed by atoms with Gasteiger partial charge in [-0.05, 0) is 80.9 Å². The number of benzene rings is 3. The molecule has 38 heavy (non-hydrogen) atoms. The molecule has 9 heteroatoms. The molecule has 3 aromatic carbocycles. The quantitative estimate of drug-likeness (QED) is 0.220. The van der Waals surface area contributed by atoms with Crippen LogP contribution in [0.3, 0.4) is 0 Å². The van der Waals surface area contributed by atoms with E-state index in [1.165, 1.54) is 24.8 Å². The predicted octanol–water partition coefficient (Wildman–Crippen LogP) is 6.44. The summed E-state index contributed by atoms with van der Waals surface area (Å²) in [5.74, 6) is -0.0902. The number of aromatic nitrogens is 1. The van der Waals surface area contributed by atoms with Crippen LogP contribution in [0, 0.1) is 0 Å². The highest BCUT2D eigenvalue weighted by Crippen LogP contribution is 2.34. The Bertz CT molecular complexity index is 1560. The molecule has 0 unspecified atom stereocenters. The summed E-state index contributed by atoms with van der Waals surface area (Å²) in [6.07, 6.45) is 3.81. The Morgan fingerprint density at radius 1 is 1.03 bits per heavy atom. The summed E-state index contributed by atoms with van der Waals surface area (Å²) >= 11 is 6.16. The SMILES string of the molecule is CCS(=O)(=O)Nc1ccc2[nH]c(O)c(C(=Nc3ccc(CN4CCCCC4)cc3)c3ccc(Cl)cc3)c2c1. The third-order valence-electron chi connectivity index (χ3n) is 6.82. The number of hydrogen-bond acceptors (Lipinski definition) is 5. The summed E-state index contributed by atoms with van der Waals surface area (Å²) in [4.78, 5) is 10.4. The van der Waals surface area contributed by atoms with Gasteiger partial charge >= 0.3 is 0 Å². The van der Waals surface area contributed by atoms with Crippen LogP contribution in [0.2, 0.25) is 5.02 Å². The molecule has 7 nitrogen and oxygen atoms in total. The average Bonchev–Trinajstić information content (AvgIpc) is 3.24. The predicted molar refractivity (Wildman–Crippen MR) is 155 cm³/mol. The number of H-pyrrole nitrogens is 1. The van der Waals surface area contributed by atoms with Gasteiger partial charge < -0.3 is 10.1 Å². The van der Waals surface area contributed by atoms with Crippen LogP contribution in [-0.4, -0.2) is 48.0 Å². The molecule has 1 aliphatic heterocycles. The van der Waals surface area contributed by atoms with Crippen molar-refractivity contribution in [3.63, 3.8) is 0 Å². The van der Waals surface area contributed by atoms with E-state index in [1.807, 2.05) is 24.3 Å². The zero-order valence-electron chi connectivity index (χ0n) is 21.2. The summed E-state index contributed by atoms with van der Waals surface area (Å²) in [6.45, 7) is 4.78. The molecule has 198 valence electrons. The van der Waals surface area contributed by atoms with Gasteiger partial charge in [0.05, 0.1) is 22.7 Å². The molecule has 0 aliphatic carbocycles. The van der Waals surface area contributed by atoms with Crippen LogP contribution >= 0.6 is 11.6 Å². The molecule has 1 aromatic heterocycles. The second kappa shape index (κ2) is 11.2. The van der Waals surface area contributed by atoms with Gasteiger partial charge in [-0.15, -0.1) is 0 Å². The number of halogens is 1. The van der Waals surface area contributed by atoms with Crippen molar-refractivity contribution < 1.29 is 13.5 Å². The lowest BCUT2D eigenvalue weighted by atomic mass is 10.0. The number of anilines is 1. The van der Waals surface area contributed by atoms with E-state index in [4.69, 9.17) is 16.6 Å². The standard InChI is InChI=1S/C29H31ClN4O3S/c1-2-38(36,37)33-24-14-15-26-25(18-24)27(29(35)32-26)28(21-8-10-22(30)11-9-21)31-23-12-6-20(7-13-23)19-34-16-4-3-5-17-34/h6-15,18,32-33,35H,2-5,16-17,19H2,1H3. The highest BCUT2D eigenvalue weighted by Gasteiger charge is 2.20. The lowest BCUT2D eigenvalue weighted by Gasteiger charge is -2.26. The first-order valence-corrected chi connectivity index (χ1v) is 14.9. The molecule has 1 fully saturated rings. The van der Waals surface area contributed by atoms with Crippen LogP contribution in [0.4, 0.5) is 11.4 Å². The first-order valence-electron chi connectivity index (χ1n) is 12.8. The van der Waals surface area contributed by atoms with Crippen LogP contribution in [0.1, 0.15) is 42.9 Å². The lowest BCUT2D eigenvalue weighted by Crippen LogP contribution is -2.28. The number of rotatable bonds is 8. The molecule has 0 radical (unpaired) electrons. The third-order valence-corrected chi connectivity index (χ3v) is 8.38. The summed E-state index contributed by atoms with van der Waals surface area (Å²) in [5.41, 5.74) is 4.85. The third kappa shape index (κ3) is 6.04. The molecule has 0 bridgehead atoms. The maximum atomic E-state index is 12.2. The van der Waals surface area contributed by atoms with Crippen molar-refractivity contribution in [1.29, 1.82) is 0 Å². The van der Waals surface area contributed by atoms with Crippen molar-refractivity contribution in [3.8, 4) is 5.88 Å². The summed E-state index contributed by atoms with van der Waals surface area (Å²) in [7, 11) is -3.46. The largest absolute Gasteiger partial charge is 0.494 e. The first kappa shape index (κ1) is 26.3. The fourth-order valence-electron chi connectivity index (χ4n) is 4.79. The fraction of sp³-hybridized carbons (Fsp3) is 0.276. The van der Waals surface area contributed by atoms with Crippen molar-refractivity contribution in [1.82, 2.24) is 9.88 Å². The van der Waals surface area contributed by atoms with Gasteiger partial charge in [0.25, 0.3) is 0 Å². The number of aromatic amines is 1. The Hall–Kier alpha value is -3.33. The molecule has 3 N–H and O–H groups in total. The first-order chi connectivity index (χ1) is 18.3. The summed E-state index contributed by atoms with van der Waals surface area (Å²) < 4.78 is 26.9. The highest BCUT2D eigenvalue weighted by atomic mass is 35.5. The van der Waals surface area contributed by atoms with Crippen LogP contribution in [0.25, 0.3) is 10.9 Å². The van der Waals surface area contributed by atoms with Crippen LogP contribution in [0.5, 0.6) is 5.88 Å². The molecule has 1 saturated heterocycles. The van der Waals surface area contributed by atoms with Crippen LogP contribution < -0.4 is 4.72 Å². The van der Waals surface area contributed by atoms with Gasteiger partial charge in [-0.3, -0.25) is 9.62 Å². The second-order valence-corrected chi connectivity index (χ2v) is 12.0. The van der Waals surface area contributed by atoms with E-state index >= 15 is 0 Å². The topological polar surface area (TPSA) is 97.8 Å². The van der Waals surface area contributed by atoms with Crippen molar-refractivity contribution in [2.45, 2.75) is 32.7 Å². The van der Waals surface area contributed by atoms with Gasteiger partial charge in [0.1, 0.15) is 0 Å². The molecule has 2 heterocycles. The van der Waals surface area contributed by atoms with Gasteiger partial charge in [0, 0.05) is 33.7 Å². The number of aliphatic imine (C=N–C) groups is 1. The summed E-state index contributed by atoms with van der Waals surface area (Å²) in [5, 5.41) is 12.2. The monoisotopic (exact) mass is 550 g/mol. The van der Waals surface area contributed by atoms with Crippen molar-refractivity contribution in [2.24, 2.45) is 4.99 Å². The second-order valence-electron chi connectivity index (χ2n) is 9.59.